The molecule has 10 heteroatoms. The number of aromatic nitrogens is 6. The number of fused-ring (bicyclic) bond motifs is 2. The molecule has 0 atom stereocenters. The molecule has 38 heavy (non-hydrogen) atoms. The molecule has 6 rings (SSSR count). The Balaban J connectivity index is 1.27. The zero-order valence-electron chi connectivity index (χ0n) is 21.1. The summed E-state index contributed by atoms with van der Waals surface area (Å²) in [5.74, 6) is 1.32. The average molecular weight is 504 g/mol. The highest BCUT2D eigenvalue weighted by Crippen LogP contribution is 2.29. The van der Waals surface area contributed by atoms with Crippen molar-refractivity contribution in [1.29, 1.82) is 0 Å². The number of primary amides is 1. The van der Waals surface area contributed by atoms with E-state index in [2.05, 4.69) is 50.5 Å². The van der Waals surface area contributed by atoms with Crippen LogP contribution in [0.5, 0.6) is 0 Å². The number of para-hydroxylation sites is 1. The molecule has 3 heterocycles. The molecular formula is C28H25N9O. The SMILES string of the molecule is Cc1c2ccc(N(C)c3ccnc(Nc4cccc(-c5nc6c(C(N)=O)cccc6[nH]5)c4)n3)cc2nn1C. The molecular weight excluding hydrogens is 478 g/mol. The van der Waals surface area contributed by atoms with Gasteiger partial charge in [0.05, 0.1) is 16.6 Å². The van der Waals surface area contributed by atoms with Crippen LogP contribution in [-0.2, 0) is 7.05 Å². The van der Waals surface area contributed by atoms with Crippen molar-refractivity contribution in [3.05, 3.63) is 84.2 Å². The van der Waals surface area contributed by atoms with Crippen molar-refractivity contribution < 1.29 is 4.79 Å². The second-order valence-corrected chi connectivity index (χ2v) is 9.07. The van der Waals surface area contributed by atoms with Gasteiger partial charge in [0.15, 0.2) is 0 Å². The smallest absolute Gasteiger partial charge is 0.250 e. The monoisotopic (exact) mass is 503 g/mol. The zero-order valence-corrected chi connectivity index (χ0v) is 21.1. The van der Waals surface area contributed by atoms with Gasteiger partial charge < -0.3 is 20.9 Å². The lowest BCUT2D eigenvalue weighted by Gasteiger charge is -2.19. The van der Waals surface area contributed by atoms with E-state index in [0.717, 1.165) is 44.9 Å². The van der Waals surface area contributed by atoms with E-state index in [1.807, 2.05) is 60.1 Å². The molecule has 4 N–H and O–H groups in total. The maximum Gasteiger partial charge on any atom is 0.250 e. The Kier molecular flexibility index (Phi) is 5.49. The minimum absolute atomic E-state index is 0.381. The van der Waals surface area contributed by atoms with Crippen LogP contribution in [0.25, 0.3) is 33.3 Å². The second-order valence-electron chi connectivity index (χ2n) is 9.07. The molecule has 0 saturated heterocycles. The summed E-state index contributed by atoms with van der Waals surface area (Å²) in [7, 11) is 3.91. The summed E-state index contributed by atoms with van der Waals surface area (Å²) >= 11 is 0. The van der Waals surface area contributed by atoms with Gasteiger partial charge in [-0.05, 0) is 55.5 Å². The van der Waals surface area contributed by atoms with Crippen molar-refractivity contribution in [1.82, 2.24) is 29.7 Å². The number of anilines is 4. The summed E-state index contributed by atoms with van der Waals surface area (Å²) in [6.07, 6.45) is 1.72. The summed E-state index contributed by atoms with van der Waals surface area (Å²) in [5.41, 5.74) is 11.9. The molecule has 6 aromatic rings. The number of nitrogens with two attached hydrogens (primary N) is 1. The third-order valence-electron chi connectivity index (χ3n) is 6.66. The molecule has 0 unspecified atom stereocenters. The van der Waals surface area contributed by atoms with E-state index in [4.69, 9.17) is 10.7 Å². The van der Waals surface area contributed by atoms with Crippen LogP contribution in [0.1, 0.15) is 16.1 Å². The van der Waals surface area contributed by atoms with Crippen LogP contribution in [0.4, 0.5) is 23.1 Å². The van der Waals surface area contributed by atoms with Gasteiger partial charge in [0, 0.05) is 48.3 Å². The number of H-pyrrole nitrogens is 1. The number of benzene rings is 3. The third-order valence-corrected chi connectivity index (χ3v) is 6.66. The number of aromatic amines is 1. The number of nitrogens with zero attached hydrogens (tertiary/aromatic N) is 6. The van der Waals surface area contributed by atoms with Crippen molar-refractivity contribution in [2.75, 3.05) is 17.3 Å². The van der Waals surface area contributed by atoms with E-state index in [1.165, 1.54) is 0 Å². The Morgan fingerprint density at radius 1 is 1.05 bits per heavy atom. The van der Waals surface area contributed by atoms with Crippen molar-refractivity contribution in [3.8, 4) is 11.4 Å². The summed E-state index contributed by atoms with van der Waals surface area (Å²) in [4.78, 5) is 30.8. The Morgan fingerprint density at radius 2 is 1.89 bits per heavy atom. The first kappa shape index (κ1) is 23.2. The molecule has 0 saturated carbocycles. The van der Waals surface area contributed by atoms with Gasteiger partial charge in [-0.2, -0.15) is 10.1 Å². The number of rotatable bonds is 6. The van der Waals surface area contributed by atoms with Crippen molar-refractivity contribution >= 4 is 51.0 Å². The Hall–Kier alpha value is -5.25. The number of carbonyl (C=O) groups is 1. The minimum Gasteiger partial charge on any atom is -0.366 e. The second kappa shape index (κ2) is 9.00. The molecule has 0 spiro atoms. The highest BCUT2D eigenvalue weighted by atomic mass is 16.1. The van der Waals surface area contributed by atoms with Crippen LogP contribution < -0.4 is 16.0 Å². The van der Waals surface area contributed by atoms with Gasteiger partial charge in [-0.3, -0.25) is 9.48 Å². The van der Waals surface area contributed by atoms with Crippen molar-refractivity contribution in [3.63, 3.8) is 0 Å². The average Bonchev–Trinajstić information content (AvgIpc) is 3.48. The topological polar surface area (TPSA) is 131 Å². The van der Waals surface area contributed by atoms with Gasteiger partial charge in [-0.15, -0.1) is 0 Å². The first-order valence-corrected chi connectivity index (χ1v) is 12.0. The molecule has 1 amide bonds. The quantitative estimate of drug-likeness (QED) is 0.297. The van der Waals surface area contributed by atoms with Gasteiger partial charge in [0.1, 0.15) is 17.2 Å². The lowest BCUT2D eigenvalue weighted by molar-refractivity contribution is 0.100. The fraction of sp³-hybridized carbons (Fsp3) is 0.107. The highest BCUT2D eigenvalue weighted by molar-refractivity contribution is 6.04. The molecule has 10 nitrogen and oxygen atoms in total. The van der Waals surface area contributed by atoms with Crippen LogP contribution in [0, 0.1) is 6.92 Å². The molecule has 3 aromatic carbocycles. The van der Waals surface area contributed by atoms with Crippen LogP contribution in [0.2, 0.25) is 0 Å². The number of hydrogen-bond donors (Lipinski definition) is 3. The highest BCUT2D eigenvalue weighted by Gasteiger charge is 2.14. The molecule has 0 aliphatic rings. The largest absolute Gasteiger partial charge is 0.366 e. The van der Waals surface area contributed by atoms with Crippen molar-refractivity contribution in [2.24, 2.45) is 12.8 Å². The number of aryl methyl sites for hydroxylation is 2. The van der Waals surface area contributed by atoms with Gasteiger partial charge in [0.25, 0.3) is 5.91 Å². The Bertz CT molecular complexity index is 1840. The summed E-state index contributed by atoms with van der Waals surface area (Å²) in [6.45, 7) is 2.06. The molecule has 188 valence electrons. The minimum atomic E-state index is -0.513. The summed E-state index contributed by atoms with van der Waals surface area (Å²) in [5, 5.41) is 9.01. The van der Waals surface area contributed by atoms with E-state index in [1.54, 1.807) is 18.3 Å². The van der Waals surface area contributed by atoms with E-state index in [-0.39, 0.29) is 0 Å². The fourth-order valence-corrected chi connectivity index (χ4v) is 4.50. The van der Waals surface area contributed by atoms with E-state index in [9.17, 15) is 4.79 Å². The van der Waals surface area contributed by atoms with Crippen LogP contribution in [0.15, 0.2) is 72.9 Å². The maximum absolute atomic E-state index is 11.8. The number of carbonyl (C=O) groups excluding carboxylic acids is 1. The van der Waals surface area contributed by atoms with E-state index >= 15 is 0 Å². The van der Waals surface area contributed by atoms with Crippen molar-refractivity contribution in [2.45, 2.75) is 6.92 Å². The fourth-order valence-electron chi connectivity index (χ4n) is 4.50. The van der Waals surface area contributed by atoms with Gasteiger partial charge >= 0.3 is 0 Å². The predicted octanol–water partition coefficient (Wildman–Crippen LogP) is 4.83. The molecule has 0 bridgehead atoms. The lowest BCUT2D eigenvalue weighted by Crippen LogP contribution is -2.12. The summed E-state index contributed by atoms with van der Waals surface area (Å²) < 4.78 is 1.89. The molecule has 0 radical (unpaired) electrons. The van der Waals surface area contributed by atoms with Gasteiger partial charge in [-0.1, -0.05) is 18.2 Å². The number of hydrogen-bond acceptors (Lipinski definition) is 7. The van der Waals surface area contributed by atoms with Gasteiger partial charge in [0.2, 0.25) is 5.95 Å². The van der Waals surface area contributed by atoms with Gasteiger partial charge in [-0.25, -0.2) is 9.97 Å². The zero-order chi connectivity index (χ0) is 26.4. The Morgan fingerprint density at radius 3 is 2.74 bits per heavy atom. The lowest BCUT2D eigenvalue weighted by atomic mass is 10.2. The molecule has 3 aromatic heterocycles. The van der Waals surface area contributed by atoms with E-state index < -0.39 is 5.91 Å². The predicted molar refractivity (Wildman–Crippen MR) is 149 cm³/mol. The standard InChI is InChI=1S/C28H25N9O/c1-16-20-11-10-19(15-23(20)35-37(16)3)36(2)24-12-13-30-28(33-24)31-18-7-4-6-17(14-18)27-32-22-9-5-8-21(26(29)38)25(22)34-27/h4-15H,1-3H3,(H2,29,38)(H,32,34)(H,30,31,33). The first-order chi connectivity index (χ1) is 18.4. The molecule has 0 fully saturated rings. The maximum atomic E-state index is 11.8. The number of imidazole rings is 1. The number of amides is 1. The first-order valence-electron chi connectivity index (χ1n) is 12.0. The molecule has 0 aliphatic heterocycles. The normalized spacial score (nSPS) is 11.2. The Labute approximate surface area is 218 Å². The van der Waals surface area contributed by atoms with E-state index in [0.29, 0.717) is 22.9 Å². The number of nitrogens with one attached hydrogen (secondary N) is 2. The molecule has 0 aliphatic carbocycles. The third kappa shape index (κ3) is 4.07. The summed E-state index contributed by atoms with van der Waals surface area (Å²) in [6, 6.07) is 21.1. The van der Waals surface area contributed by atoms with Crippen LogP contribution >= 0.6 is 0 Å². The van der Waals surface area contributed by atoms with Crippen LogP contribution in [-0.4, -0.2) is 42.7 Å². The van der Waals surface area contributed by atoms with Crippen LogP contribution in [0.3, 0.4) is 0 Å².